The fourth-order valence-corrected chi connectivity index (χ4v) is 2.64. The van der Waals surface area contributed by atoms with E-state index in [1.54, 1.807) is 18.2 Å². The van der Waals surface area contributed by atoms with Crippen LogP contribution in [0.5, 0.6) is 0 Å². The van der Waals surface area contributed by atoms with Crippen LogP contribution in [0.1, 0.15) is 6.42 Å². The Labute approximate surface area is 125 Å². The fraction of sp³-hybridized carbons (Fsp3) is 0.273. The van der Waals surface area contributed by atoms with Crippen LogP contribution in [0.2, 0.25) is 0 Å². The number of nitrogens with one attached hydrogen (secondary N) is 2. The Bertz CT molecular complexity index is 606. The molecule has 0 spiro atoms. The summed E-state index contributed by atoms with van der Waals surface area (Å²) in [6.45, 7) is 0. The van der Waals surface area contributed by atoms with Gasteiger partial charge in [0.05, 0.1) is 0 Å². The summed E-state index contributed by atoms with van der Waals surface area (Å²) < 4.78 is 27.5. The quantitative estimate of drug-likeness (QED) is 0.510. The van der Waals surface area contributed by atoms with Crippen molar-refractivity contribution in [2.45, 2.75) is 17.8 Å². The monoisotopic (exact) mass is 336 g/mol. The molecule has 0 aliphatic carbocycles. The molecule has 8 nitrogen and oxygen atoms in total. The molecule has 116 valence electrons. The maximum atomic E-state index is 11.8. The maximum Gasteiger partial charge on any atom is 0.321 e. The third kappa shape index (κ3) is 5.98. The van der Waals surface area contributed by atoms with Gasteiger partial charge >= 0.3 is 11.9 Å². The number of anilines is 1. The van der Waals surface area contributed by atoms with Crippen LogP contribution < -0.4 is 9.44 Å². The minimum absolute atomic E-state index is 0.231. The number of hydrogen-bond donors (Lipinski definition) is 4. The summed E-state index contributed by atoms with van der Waals surface area (Å²) in [6, 6.07) is 6.13. The van der Waals surface area contributed by atoms with Gasteiger partial charge in [0.1, 0.15) is 11.4 Å². The van der Waals surface area contributed by atoms with Crippen molar-refractivity contribution in [1.82, 2.24) is 4.72 Å². The first-order valence-corrected chi connectivity index (χ1v) is 7.58. The normalized spacial score (nSPS) is 14.1. The highest BCUT2D eigenvalue weighted by Crippen LogP contribution is 2.10. The number of carboxylic acid groups (broad SMARTS) is 2. The SMILES string of the molecule is O=C(O)C(Cl)C[C@H](NS(=O)(=O)Nc1ccccc1)C(=O)O. The summed E-state index contributed by atoms with van der Waals surface area (Å²) in [5, 5.41) is 16.0. The molecule has 1 rings (SSSR count). The molecule has 10 heteroatoms. The van der Waals surface area contributed by atoms with Gasteiger partial charge in [0.2, 0.25) is 0 Å². The molecule has 1 aromatic carbocycles. The summed E-state index contributed by atoms with van der Waals surface area (Å²) in [4.78, 5) is 21.6. The number of alkyl halides is 1. The number of carbonyl (C=O) groups is 2. The molecule has 0 saturated carbocycles. The molecule has 0 aliphatic heterocycles. The molecule has 1 unspecified atom stereocenters. The standard InChI is InChI=1S/C11H13ClN2O6S/c12-8(10(15)16)6-9(11(17)18)14-21(19,20)13-7-4-2-1-3-5-7/h1-5,8-9,13-14H,6H2,(H,15,16)(H,17,18)/t8?,9-/m0/s1. The highest BCUT2D eigenvalue weighted by Gasteiger charge is 2.29. The van der Waals surface area contributed by atoms with E-state index in [0.29, 0.717) is 0 Å². The van der Waals surface area contributed by atoms with Gasteiger partial charge in [-0.3, -0.25) is 14.3 Å². The largest absolute Gasteiger partial charge is 0.480 e. The van der Waals surface area contributed by atoms with Crippen LogP contribution in [0.3, 0.4) is 0 Å². The van der Waals surface area contributed by atoms with Crippen molar-refractivity contribution < 1.29 is 28.2 Å². The van der Waals surface area contributed by atoms with Crippen LogP contribution in [0.25, 0.3) is 0 Å². The summed E-state index contributed by atoms with van der Waals surface area (Å²) in [6.07, 6.45) is -0.595. The molecule has 0 saturated heterocycles. The average Bonchev–Trinajstić information content (AvgIpc) is 2.37. The van der Waals surface area contributed by atoms with Crippen molar-refractivity contribution in [3.63, 3.8) is 0 Å². The summed E-state index contributed by atoms with van der Waals surface area (Å²) in [5.41, 5.74) is 0.231. The van der Waals surface area contributed by atoms with E-state index in [0.717, 1.165) is 0 Å². The average molecular weight is 337 g/mol. The topological polar surface area (TPSA) is 133 Å². The van der Waals surface area contributed by atoms with E-state index in [9.17, 15) is 18.0 Å². The lowest BCUT2D eigenvalue weighted by Gasteiger charge is -2.16. The van der Waals surface area contributed by atoms with Gasteiger partial charge in [0, 0.05) is 12.1 Å². The summed E-state index contributed by atoms with van der Waals surface area (Å²) in [7, 11) is -4.18. The molecule has 0 bridgehead atoms. The predicted octanol–water partition coefficient (Wildman–Crippen LogP) is 0.468. The van der Waals surface area contributed by atoms with Gasteiger partial charge in [-0.05, 0) is 12.1 Å². The zero-order chi connectivity index (χ0) is 16.0. The zero-order valence-corrected chi connectivity index (χ0v) is 12.1. The van der Waals surface area contributed by atoms with E-state index >= 15 is 0 Å². The number of halogens is 1. The third-order valence-corrected chi connectivity index (χ3v) is 3.80. The molecule has 0 fully saturated rings. The maximum absolute atomic E-state index is 11.8. The van der Waals surface area contributed by atoms with E-state index in [1.807, 2.05) is 4.72 Å². The van der Waals surface area contributed by atoms with Crippen molar-refractivity contribution >= 4 is 39.4 Å². The van der Waals surface area contributed by atoms with Gasteiger partial charge in [-0.1, -0.05) is 18.2 Å². The lowest BCUT2D eigenvalue weighted by Crippen LogP contribution is -2.45. The highest BCUT2D eigenvalue weighted by molar-refractivity contribution is 7.90. The smallest absolute Gasteiger partial charge is 0.321 e. The Hall–Kier alpha value is -1.84. The Morgan fingerprint density at radius 2 is 1.71 bits per heavy atom. The molecule has 1 aromatic rings. The van der Waals surface area contributed by atoms with Gasteiger partial charge in [-0.25, -0.2) is 0 Å². The molecule has 0 radical (unpaired) electrons. The highest BCUT2D eigenvalue weighted by atomic mass is 35.5. The lowest BCUT2D eigenvalue weighted by molar-refractivity contribution is -0.140. The number of rotatable bonds is 8. The third-order valence-electron chi connectivity index (χ3n) is 2.33. The minimum atomic E-state index is -4.18. The van der Waals surface area contributed by atoms with E-state index in [1.165, 1.54) is 12.1 Å². The van der Waals surface area contributed by atoms with Gasteiger partial charge in [0.15, 0.2) is 0 Å². The van der Waals surface area contributed by atoms with Crippen LogP contribution in [0.4, 0.5) is 5.69 Å². The van der Waals surface area contributed by atoms with Crippen molar-refractivity contribution in [1.29, 1.82) is 0 Å². The molecule has 0 aliphatic rings. The van der Waals surface area contributed by atoms with Gasteiger partial charge in [-0.2, -0.15) is 13.1 Å². The number of carboxylic acids is 2. The van der Waals surface area contributed by atoms with Gasteiger partial charge < -0.3 is 10.2 Å². The minimum Gasteiger partial charge on any atom is -0.480 e. The Morgan fingerprint density at radius 3 is 2.19 bits per heavy atom. The van der Waals surface area contributed by atoms with Crippen LogP contribution in [-0.4, -0.2) is 42.0 Å². The van der Waals surface area contributed by atoms with Crippen molar-refractivity contribution in [3.05, 3.63) is 30.3 Å². The molecular formula is C11H13ClN2O6S. The van der Waals surface area contributed by atoms with Crippen molar-refractivity contribution in [2.75, 3.05) is 4.72 Å². The van der Waals surface area contributed by atoms with E-state index in [4.69, 9.17) is 21.8 Å². The van der Waals surface area contributed by atoms with E-state index in [-0.39, 0.29) is 5.69 Å². The van der Waals surface area contributed by atoms with Gasteiger partial charge in [-0.15, -0.1) is 11.6 Å². The Morgan fingerprint density at radius 1 is 1.14 bits per heavy atom. The van der Waals surface area contributed by atoms with E-state index < -0.39 is 40.0 Å². The van der Waals surface area contributed by atoms with Crippen molar-refractivity contribution in [2.24, 2.45) is 0 Å². The summed E-state index contributed by atoms with van der Waals surface area (Å²) in [5.74, 6) is -2.96. The van der Waals surface area contributed by atoms with Gasteiger partial charge in [0.25, 0.3) is 10.2 Å². The van der Waals surface area contributed by atoms with Crippen LogP contribution in [0.15, 0.2) is 30.3 Å². The Balaban J connectivity index is 2.78. The zero-order valence-electron chi connectivity index (χ0n) is 10.6. The van der Waals surface area contributed by atoms with Crippen LogP contribution >= 0.6 is 11.6 Å². The first-order chi connectivity index (χ1) is 9.71. The molecule has 0 aromatic heterocycles. The molecule has 0 amide bonds. The second-order valence-corrected chi connectivity index (χ2v) is 6.00. The Kier molecular flexibility index (Phi) is 5.94. The molecular weight excluding hydrogens is 324 g/mol. The second-order valence-electron chi connectivity index (χ2n) is 4.02. The van der Waals surface area contributed by atoms with E-state index in [2.05, 4.69) is 4.72 Å². The van der Waals surface area contributed by atoms with Crippen LogP contribution in [-0.2, 0) is 19.8 Å². The number of benzene rings is 1. The molecule has 4 N–H and O–H groups in total. The molecule has 21 heavy (non-hydrogen) atoms. The first-order valence-electron chi connectivity index (χ1n) is 5.66. The molecule has 0 heterocycles. The lowest BCUT2D eigenvalue weighted by atomic mass is 10.2. The van der Waals surface area contributed by atoms with Crippen LogP contribution in [0, 0.1) is 0 Å². The first kappa shape index (κ1) is 17.2. The summed E-state index contributed by atoms with van der Waals surface area (Å²) >= 11 is 5.43. The fourth-order valence-electron chi connectivity index (χ4n) is 1.39. The second kappa shape index (κ2) is 7.25. The number of para-hydroxylation sites is 1. The number of aliphatic carboxylic acids is 2. The number of hydrogen-bond acceptors (Lipinski definition) is 4. The molecule has 2 atom stereocenters. The van der Waals surface area contributed by atoms with Crippen molar-refractivity contribution in [3.8, 4) is 0 Å². The predicted molar refractivity (Wildman–Crippen MR) is 75.4 cm³/mol.